The first-order valence-corrected chi connectivity index (χ1v) is 10.5. The van der Waals surface area contributed by atoms with Gasteiger partial charge in [0.15, 0.2) is 0 Å². The van der Waals surface area contributed by atoms with Gasteiger partial charge in [-0.15, -0.1) is 0 Å². The minimum atomic E-state index is -3.34. The zero-order valence-corrected chi connectivity index (χ0v) is 14.7. The van der Waals surface area contributed by atoms with E-state index in [1.807, 2.05) is 4.90 Å². The highest BCUT2D eigenvalue weighted by atomic mass is 32.2. The maximum Gasteiger partial charge on any atom is 0.279 e. The van der Waals surface area contributed by atoms with E-state index in [0.717, 1.165) is 64.5 Å². The molecular weight excluding hydrogens is 314 g/mol. The monoisotopic (exact) mass is 343 g/mol. The van der Waals surface area contributed by atoms with Crippen LogP contribution in [-0.2, 0) is 15.0 Å². The molecule has 3 aliphatic rings. The summed E-state index contributed by atoms with van der Waals surface area (Å²) in [6.45, 7) is 3.36. The smallest absolute Gasteiger partial charge is 0.279 e. The van der Waals surface area contributed by atoms with E-state index in [1.165, 1.54) is 0 Å². The van der Waals surface area contributed by atoms with Crippen molar-refractivity contribution in [1.82, 2.24) is 13.9 Å². The van der Waals surface area contributed by atoms with Gasteiger partial charge in [-0.2, -0.15) is 12.7 Å². The van der Waals surface area contributed by atoms with E-state index < -0.39 is 10.2 Å². The Hall–Kier alpha value is -0.660. The predicted molar refractivity (Wildman–Crippen MR) is 89.0 cm³/mol. The molecule has 6 nitrogen and oxygen atoms in total. The van der Waals surface area contributed by atoms with Gasteiger partial charge < -0.3 is 4.90 Å². The van der Waals surface area contributed by atoms with Gasteiger partial charge in [-0.05, 0) is 44.4 Å². The SMILES string of the molecule is O=C(C1CC1)N1CCC(CNS(=O)(=O)N2CCCCCC2)CC1. The summed E-state index contributed by atoms with van der Waals surface area (Å²) in [6, 6.07) is 0. The van der Waals surface area contributed by atoms with Crippen molar-refractivity contribution in [2.45, 2.75) is 51.4 Å². The number of rotatable bonds is 5. The highest BCUT2D eigenvalue weighted by Crippen LogP contribution is 2.32. The molecule has 0 aromatic carbocycles. The normalized spacial score (nSPS) is 25.3. The molecule has 0 unspecified atom stereocenters. The number of carbonyl (C=O) groups is 1. The maximum atomic E-state index is 12.4. The molecule has 2 heterocycles. The molecule has 2 saturated heterocycles. The lowest BCUT2D eigenvalue weighted by molar-refractivity contribution is -0.133. The first kappa shape index (κ1) is 17.2. The van der Waals surface area contributed by atoms with Crippen molar-refractivity contribution < 1.29 is 13.2 Å². The molecular formula is C16H29N3O3S. The highest BCUT2D eigenvalue weighted by Gasteiger charge is 2.35. The minimum absolute atomic E-state index is 0.285. The van der Waals surface area contributed by atoms with E-state index in [1.54, 1.807) is 4.31 Å². The molecule has 1 N–H and O–H groups in total. The third-order valence-corrected chi connectivity index (χ3v) is 6.89. The zero-order chi connectivity index (χ0) is 16.3. The van der Waals surface area contributed by atoms with Crippen LogP contribution in [0.2, 0.25) is 0 Å². The summed E-state index contributed by atoms with van der Waals surface area (Å²) in [7, 11) is -3.34. The topological polar surface area (TPSA) is 69.7 Å². The first-order chi connectivity index (χ1) is 11.1. The van der Waals surface area contributed by atoms with E-state index in [0.29, 0.717) is 31.5 Å². The fourth-order valence-electron chi connectivity index (χ4n) is 3.54. The Morgan fingerprint density at radius 3 is 2.09 bits per heavy atom. The molecule has 23 heavy (non-hydrogen) atoms. The molecule has 1 aliphatic carbocycles. The summed E-state index contributed by atoms with van der Waals surface area (Å²) >= 11 is 0. The summed E-state index contributed by atoms with van der Waals surface area (Å²) < 4.78 is 29.2. The lowest BCUT2D eigenvalue weighted by Gasteiger charge is -2.32. The molecule has 0 radical (unpaired) electrons. The number of piperidine rings is 1. The quantitative estimate of drug-likeness (QED) is 0.819. The molecule has 0 atom stereocenters. The summed E-state index contributed by atoms with van der Waals surface area (Å²) in [5.74, 6) is 0.946. The third-order valence-electron chi connectivity index (χ3n) is 5.31. The van der Waals surface area contributed by atoms with Crippen molar-refractivity contribution in [2.75, 3.05) is 32.7 Å². The van der Waals surface area contributed by atoms with Gasteiger partial charge in [0, 0.05) is 38.6 Å². The summed E-state index contributed by atoms with van der Waals surface area (Å²) in [6.07, 6.45) is 8.08. The van der Waals surface area contributed by atoms with Crippen LogP contribution in [0.4, 0.5) is 0 Å². The van der Waals surface area contributed by atoms with Crippen LogP contribution >= 0.6 is 0 Å². The van der Waals surface area contributed by atoms with Crippen LogP contribution in [0.25, 0.3) is 0 Å². The third kappa shape index (κ3) is 4.67. The van der Waals surface area contributed by atoms with E-state index in [-0.39, 0.29) is 5.92 Å². The van der Waals surface area contributed by atoms with Gasteiger partial charge in [0.1, 0.15) is 0 Å². The van der Waals surface area contributed by atoms with Crippen molar-refractivity contribution in [3.8, 4) is 0 Å². The van der Waals surface area contributed by atoms with Gasteiger partial charge in [-0.25, -0.2) is 4.72 Å². The molecule has 3 fully saturated rings. The molecule has 7 heteroatoms. The van der Waals surface area contributed by atoms with Gasteiger partial charge in [-0.3, -0.25) is 4.79 Å². The van der Waals surface area contributed by atoms with E-state index in [4.69, 9.17) is 0 Å². The van der Waals surface area contributed by atoms with Crippen LogP contribution in [0, 0.1) is 11.8 Å². The van der Waals surface area contributed by atoms with Crippen molar-refractivity contribution in [2.24, 2.45) is 11.8 Å². The second-order valence-corrected chi connectivity index (χ2v) is 8.96. The Morgan fingerprint density at radius 2 is 1.52 bits per heavy atom. The molecule has 1 amide bonds. The van der Waals surface area contributed by atoms with Gasteiger partial charge >= 0.3 is 0 Å². The Bertz CT molecular complexity index is 503. The zero-order valence-electron chi connectivity index (χ0n) is 13.9. The highest BCUT2D eigenvalue weighted by molar-refractivity contribution is 7.87. The predicted octanol–water partition coefficient (Wildman–Crippen LogP) is 1.35. The van der Waals surface area contributed by atoms with Crippen molar-refractivity contribution >= 4 is 16.1 Å². The van der Waals surface area contributed by atoms with Crippen LogP contribution < -0.4 is 4.72 Å². The molecule has 132 valence electrons. The van der Waals surface area contributed by atoms with Gasteiger partial charge in [0.05, 0.1) is 0 Å². The Morgan fingerprint density at radius 1 is 0.913 bits per heavy atom. The lowest BCUT2D eigenvalue weighted by atomic mass is 9.97. The molecule has 0 aromatic rings. The largest absolute Gasteiger partial charge is 0.342 e. The van der Waals surface area contributed by atoms with Gasteiger partial charge in [0.25, 0.3) is 10.2 Å². The number of nitrogens with one attached hydrogen (secondary N) is 1. The first-order valence-electron chi connectivity index (χ1n) is 9.10. The molecule has 0 aromatic heterocycles. The number of amides is 1. The molecule has 1 saturated carbocycles. The second kappa shape index (κ2) is 7.49. The molecule has 2 aliphatic heterocycles. The van der Waals surface area contributed by atoms with Crippen LogP contribution in [0.1, 0.15) is 51.4 Å². The molecule has 0 bridgehead atoms. The summed E-state index contributed by atoms with van der Waals surface area (Å²) in [5.41, 5.74) is 0. The second-order valence-electron chi connectivity index (χ2n) is 7.21. The van der Waals surface area contributed by atoms with E-state index >= 15 is 0 Å². The Balaban J connectivity index is 1.42. The van der Waals surface area contributed by atoms with Crippen molar-refractivity contribution in [3.63, 3.8) is 0 Å². The van der Waals surface area contributed by atoms with Gasteiger partial charge in [-0.1, -0.05) is 12.8 Å². The fourth-order valence-corrected chi connectivity index (χ4v) is 4.91. The Kier molecular flexibility index (Phi) is 5.59. The number of hydrogen-bond donors (Lipinski definition) is 1. The Labute approximate surface area is 139 Å². The lowest BCUT2D eigenvalue weighted by Crippen LogP contribution is -2.45. The average molecular weight is 343 g/mol. The van der Waals surface area contributed by atoms with Gasteiger partial charge in [0.2, 0.25) is 5.91 Å². The minimum Gasteiger partial charge on any atom is -0.342 e. The maximum absolute atomic E-state index is 12.4. The molecule has 3 rings (SSSR count). The van der Waals surface area contributed by atoms with Crippen LogP contribution in [0.3, 0.4) is 0 Å². The van der Waals surface area contributed by atoms with Crippen molar-refractivity contribution in [3.05, 3.63) is 0 Å². The van der Waals surface area contributed by atoms with Crippen molar-refractivity contribution in [1.29, 1.82) is 0 Å². The standard InChI is InChI=1S/C16H29N3O3S/c20-16(15-5-6-15)18-11-7-14(8-12-18)13-17-23(21,22)19-9-3-1-2-4-10-19/h14-15,17H,1-13H2. The van der Waals surface area contributed by atoms with E-state index in [2.05, 4.69) is 4.72 Å². The van der Waals surface area contributed by atoms with Crippen LogP contribution in [0.5, 0.6) is 0 Å². The molecule has 0 spiro atoms. The number of nitrogens with zero attached hydrogens (tertiary/aromatic N) is 2. The number of carbonyl (C=O) groups excluding carboxylic acids is 1. The summed E-state index contributed by atoms with van der Waals surface area (Å²) in [4.78, 5) is 14.0. The van der Waals surface area contributed by atoms with Crippen LogP contribution in [0.15, 0.2) is 0 Å². The fraction of sp³-hybridized carbons (Fsp3) is 0.938. The van der Waals surface area contributed by atoms with Crippen LogP contribution in [-0.4, -0.2) is 56.3 Å². The number of likely N-dealkylation sites (tertiary alicyclic amines) is 1. The van der Waals surface area contributed by atoms with E-state index in [9.17, 15) is 13.2 Å². The average Bonchev–Trinajstić information content (AvgIpc) is 3.38. The number of hydrogen-bond acceptors (Lipinski definition) is 3. The summed E-state index contributed by atoms with van der Waals surface area (Å²) in [5, 5.41) is 0.